The van der Waals surface area contributed by atoms with Crippen LogP contribution < -0.4 is 24.4 Å². The zero-order valence-corrected chi connectivity index (χ0v) is 31.5. The number of hydroxylamine groups is 1. The van der Waals surface area contributed by atoms with E-state index in [9.17, 15) is 21.4 Å². The van der Waals surface area contributed by atoms with Crippen molar-refractivity contribution >= 4 is 42.9 Å². The highest BCUT2D eigenvalue weighted by Crippen LogP contribution is 2.42. The second-order valence-electron chi connectivity index (χ2n) is 12.1. The van der Waals surface area contributed by atoms with Crippen LogP contribution in [-0.4, -0.2) is 53.1 Å². The number of nitrogens with one attached hydrogen (secondary N) is 1. The van der Waals surface area contributed by atoms with E-state index in [0.29, 0.717) is 56.3 Å². The van der Waals surface area contributed by atoms with Crippen LogP contribution in [0.5, 0.6) is 11.5 Å². The number of aryl methyl sites for hydroxylation is 1. The van der Waals surface area contributed by atoms with E-state index >= 15 is 0 Å². The maximum absolute atomic E-state index is 12.2. The van der Waals surface area contributed by atoms with Crippen LogP contribution in [0, 0.1) is 0 Å². The van der Waals surface area contributed by atoms with E-state index in [4.69, 9.17) is 13.8 Å². The summed E-state index contributed by atoms with van der Waals surface area (Å²) >= 11 is 0. The Labute approximate surface area is 302 Å². The fourth-order valence-electron chi connectivity index (χ4n) is 5.48. The van der Waals surface area contributed by atoms with Crippen molar-refractivity contribution in [3.8, 4) is 22.6 Å². The van der Waals surface area contributed by atoms with Crippen LogP contribution in [0.15, 0.2) is 84.7 Å². The molecular formula is C38H49N3O8S2. The minimum Gasteiger partial charge on any atom is -0.748 e. The molecule has 0 spiro atoms. The first-order chi connectivity index (χ1) is 24.5. The summed E-state index contributed by atoms with van der Waals surface area (Å²) in [6.07, 6.45) is 6.21. The highest BCUT2D eigenvalue weighted by atomic mass is 32.2. The van der Waals surface area contributed by atoms with E-state index in [0.717, 1.165) is 33.4 Å². The summed E-state index contributed by atoms with van der Waals surface area (Å²) in [6.45, 7) is 7.44. The normalized spacial score (nSPS) is 13.5. The number of unbranched alkanes of at least 4 members (excludes halogenated alkanes) is 3. The molecular weight excluding hydrogens is 691 g/mol. The molecule has 0 bridgehead atoms. The first-order valence-electron chi connectivity index (χ1n) is 17.4. The Bertz CT molecular complexity index is 1980. The van der Waals surface area contributed by atoms with Gasteiger partial charge >= 0.3 is 0 Å². The lowest BCUT2D eigenvalue weighted by molar-refractivity contribution is -0.673. The van der Waals surface area contributed by atoms with Crippen LogP contribution >= 0.6 is 0 Å². The third kappa shape index (κ3) is 11.8. The van der Waals surface area contributed by atoms with Gasteiger partial charge in [0.15, 0.2) is 5.75 Å². The minimum absolute atomic E-state index is 0.127. The van der Waals surface area contributed by atoms with E-state index in [1.807, 2.05) is 83.8 Å². The van der Waals surface area contributed by atoms with Crippen molar-refractivity contribution in [3.63, 3.8) is 0 Å². The highest BCUT2D eigenvalue weighted by molar-refractivity contribution is 7.86. The Morgan fingerprint density at radius 3 is 2.27 bits per heavy atom. The van der Waals surface area contributed by atoms with Crippen LogP contribution in [0.3, 0.4) is 0 Å². The highest BCUT2D eigenvalue weighted by Gasteiger charge is 2.29. The zero-order valence-electron chi connectivity index (χ0n) is 29.8. The summed E-state index contributed by atoms with van der Waals surface area (Å²) in [5.74, 6) is 1.41. The van der Waals surface area contributed by atoms with Gasteiger partial charge < -0.3 is 18.9 Å². The first-order valence-corrected chi connectivity index (χ1v) is 20.6. The molecule has 0 atom stereocenters. The lowest BCUT2D eigenvalue weighted by atomic mass is 10.0. The van der Waals surface area contributed by atoms with Gasteiger partial charge in [0.05, 0.1) is 40.1 Å². The van der Waals surface area contributed by atoms with Crippen LogP contribution in [0.2, 0.25) is 0 Å². The van der Waals surface area contributed by atoms with E-state index in [1.54, 1.807) is 14.0 Å². The third-order valence-corrected chi connectivity index (χ3v) is 10.2. The zero-order chi connectivity index (χ0) is 36.9. The fraction of sp³-hybridized carbons (Fsp3) is 0.395. The van der Waals surface area contributed by atoms with Gasteiger partial charge in [-0.05, 0) is 60.7 Å². The predicted molar refractivity (Wildman–Crippen MR) is 201 cm³/mol. The molecule has 0 amide bonds. The fourth-order valence-corrected chi connectivity index (χ4v) is 6.98. The molecule has 1 aliphatic heterocycles. The molecule has 1 N–H and O–H groups in total. The summed E-state index contributed by atoms with van der Waals surface area (Å²) in [7, 11) is -6.40. The Balaban J connectivity index is 0.00000138. The molecule has 0 unspecified atom stereocenters. The molecule has 0 aliphatic carbocycles. The van der Waals surface area contributed by atoms with Gasteiger partial charge in [0.2, 0.25) is 17.1 Å². The Morgan fingerprint density at radius 1 is 0.843 bits per heavy atom. The van der Waals surface area contributed by atoms with Crippen molar-refractivity contribution in [1.29, 1.82) is 0 Å². The molecule has 0 radical (unpaired) electrons. The summed E-state index contributed by atoms with van der Waals surface area (Å²) in [6, 6.07) is 25.7. The molecule has 2 heterocycles. The molecule has 1 aliphatic rings. The molecule has 0 fully saturated rings. The van der Waals surface area contributed by atoms with Gasteiger partial charge in [-0.1, -0.05) is 70.0 Å². The summed E-state index contributed by atoms with van der Waals surface area (Å²) < 4.78 is 76.9. The third-order valence-electron chi connectivity index (χ3n) is 8.26. The lowest BCUT2D eigenvalue weighted by Crippen LogP contribution is -2.38. The minimum atomic E-state index is -4.31. The molecule has 3 aromatic carbocycles. The molecule has 0 saturated heterocycles. The van der Waals surface area contributed by atoms with Gasteiger partial charge in [0.25, 0.3) is 10.1 Å². The molecule has 11 nitrogen and oxygen atoms in total. The molecule has 5 rings (SSSR count). The standard InChI is InChI=1S/C34H39N3O8S2.C4H10/c1-3-35-45-47(41,42)22-10-8-20-37-32-24-27(26-11-5-4-6-12-26)14-18-33(32)44-34(37)25-29-15-13-28-23-30(43-2)16-17-31(28)36(29)19-7-9-21-46(38,39)40;1-3-4-2/h4-6,11-18,23-25,35H,3,7-10,19-22H2,1-2H3;3-4H2,1-2H3. The summed E-state index contributed by atoms with van der Waals surface area (Å²) in [5, 5.41) is 0.934. The quantitative estimate of drug-likeness (QED) is 0.0534. The Morgan fingerprint density at radius 2 is 1.59 bits per heavy atom. The van der Waals surface area contributed by atoms with E-state index in [-0.39, 0.29) is 12.2 Å². The summed E-state index contributed by atoms with van der Waals surface area (Å²) in [4.78, 5) is 2.05. The SMILES string of the molecule is CCCC.CCNOS(=O)(=O)CCCCN1/C(=C/c2ccc3cc(OC)ccc3[n+]2CCCCS(=O)(=O)[O-])Oc2ccc(-c3ccccc3)cc21. The second-order valence-corrected chi connectivity index (χ2v) is 15.4. The van der Waals surface area contributed by atoms with Crippen LogP contribution in [0.4, 0.5) is 5.69 Å². The molecule has 51 heavy (non-hydrogen) atoms. The summed E-state index contributed by atoms with van der Waals surface area (Å²) in [5.41, 5.74) is 7.06. The number of pyridine rings is 1. The molecule has 276 valence electrons. The monoisotopic (exact) mass is 739 g/mol. The lowest BCUT2D eigenvalue weighted by Gasteiger charge is -2.19. The first kappa shape index (κ1) is 39.8. The number of nitrogens with zero attached hydrogens (tertiary/aromatic N) is 2. The number of benzene rings is 3. The van der Waals surface area contributed by atoms with Gasteiger partial charge in [-0.2, -0.15) is 22.7 Å². The number of ether oxygens (including phenoxy) is 2. The van der Waals surface area contributed by atoms with Gasteiger partial charge in [0, 0.05) is 37.4 Å². The van der Waals surface area contributed by atoms with Crippen molar-refractivity contribution in [3.05, 3.63) is 90.4 Å². The second kappa shape index (κ2) is 19.0. The molecule has 4 aromatic rings. The van der Waals surface area contributed by atoms with Crippen LogP contribution in [-0.2, 0) is 31.1 Å². The van der Waals surface area contributed by atoms with Crippen LogP contribution in [0.25, 0.3) is 28.1 Å². The smallest absolute Gasteiger partial charge is 0.283 e. The molecule has 1 aromatic heterocycles. The van der Waals surface area contributed by atoms with Crippen molar-refractivity contribution in [1.82, 2.24) is 5.48 Å². The Kier molecular flexibility index (Phi) is 14.8. The number of anilines is 1. The van der Waals surface area contributed by atoms with Gasteiger partial charge in [0.1, 0.15) is 12.3 Å². The number of fused-ring (bicyclic) bond motifs is 2. The van der Waals surface area contributed by atoms with Gasteiger partial charge in [-0.3, -0.25) is 0 Å². The molecule has 0 saturated carbocycles. The Hall–Kier alpha value is -4.01. The topological polar surface area (TPSA) is 138 Å². The van der Waals surface area contributed by atoms with E-state index < -0.39 is 26.0 Å². The predicted octanol–water partition coefficient (Wildman–Crippen LogP) is 6.78. The van der Waals surface area contributed by atoms with Crippen LogP contribution in [0.1, 0.15) is 65.0 Å². The number of methoxy groups -OCH3 is 1. The largest absolute Gasteiger partial charge is 0.748 e. The average Bonchev–Trinajstić information content (AvgIpc) is 3.47. The number of aromatic nitrogens is 1. The number of rotatable bonds is 17. The average molecular weight is 740 g/mol. The van der Waals surface area contributed by atoms with E-state index in [2.05, 4.69) is 30.0 Å². The van der Waals surface area contributed by atoms with Crippen molar-refractivity contribution in [2.75, 3.05) is 36.6 Å². The van der Waals surface area contributed by atoms with Gasteiger partial charge in [-0.25, -0.2) is 8.42 Å². The number of hydrogen-bond donors (Lipinski definition) is 1. The van der Waals surface area contributed by atoms with Crippen molar-refractivity contribution in [2.45, 2.75) is 65.8 Å². The van der Waals surface area contributed by atoms with E-state index in [1.165, 1.54) is 12.8 Å². The van der Waals surface area contributed by atoms with Crippen molar-refractivity contribution < 1.29 is 39.7 Å². The number of hydrogen-bond acceptors (Lipinski definition) is 10. The maximum atomic E-state index is 12.2. The maximum Gasteiger partial charge on any atom is 0.283 e. The molecule has 13 heteroatoms. The van der Waals surface area contributed by atoms with Gasteiger partial charge in [-0.15, -0.1) is 0 Å². The van der Waals surface area contributed by atoms with Crippen molar-refractivity contribution in [2.24, 2.45) is 0 Å².